The van der Waals surface area contributed by atoms with E-state index in [1.54, 1.807) is 0 Å². The number of halogens is 5. The molecule has 1 aromatic rings. The lowest BCUT2D eigenvalue weighted by Crippen LogP contribution is -2.41. The highest BCUT2D eigenvalue weighted by atomic mass is 19.2. The molecule has 22 heavy (non-hydrogen) atoms. The van der Waals surface area contributed by atoms with Gasteiger partial charge in [0.25, 0.3) is 0 Å². The molecule has 2 aliphatic rings. The molecule has 0 saturated carbocycles. The number of carbonyl (C=O) groups is 1. The summed E-state index contributed by atoms with van der Waals surface area (Å²) in [5.74, 6) is -10.9. The maximum Gasteiger partial charge on any atom is 0.200 e. The van der Waals surface area contributed by atoms with Crippen molar-refractivity contribution >= 4 is 5.78 Å². The van der Waals surface area contributed by atoms with Crippen LogP contribution in [0, 0.1) is 35.0 Å². The first kappa shape index (κ1) is 15.4. The monoisotopic (exact) mass is 319 g/mol. The Labute approximate surface area is 123 Å². The van der Waals surface area contributed by atoms with Crippen molar-refractivity contribution in [3.63, 3.8) is 0 Å². The lowest BCUT2D eigenvalue weighted by molar-refractivity contribution is -0.123. The zero-order chi connectivity index (χ0) is 16.0. The standard InChI is InChI=1S/C15H14F5NO/c16-11-9(12(17)14(19)15(20)13(11)18)5-10(22)6-3-7-1-2-8(4-6)21-7/h6-8,21H,1-5H2. The van der Waals surface area contributed by atoms with Crippen LogP contribution in [-0.2, 0) is 11.2 Å². The molecule has 2 unspecified atom stereocenters. The third-order valence-corrected chi connectivity index (χ3v) is 4.58. The highest BCUT2D eigenvalue weighted by Crippen LogP contribution is 2.33. The molecule has 0 amide bonds. The fraction of sp³-hybridized carbons (Fsp3) is 0.533. The number of rotatable bonds is 3. The number of ketones is 1. The molecule has 2 bridgehead atoms. The minimum Gasteiger partial charge on any atom is -0.311 e. The van der Waals surface area contributed by atoms with Crippen LogP contribution in [0.4, 0.5) is 22.0 Å². The molecule has 0 radical (unpaired) electrons. The maximum atomic E-state index is 13.6. The number of nitrogens with one attached hydrogen (secondary N) is 1. The van der Waals surface area contributed by atoms with Crippen LogP contribution in [-0.4, -0.2) is 17.9 Å². The van der Waals surface area contributed by atoms with E-state index >= 15 is 0 Å². The Hall–Kier alpha value is -1.50. The number of carbonyl (C=O) groups excluding carboxylic acids is 1. The van der Waals surface area contributed by atoms with E-state index in [1.165, 1.54) is 0 Å². The SMILES string of the molecule is O=C(Cc1c(F)c(F)c(F)c(F)c1F)C1CC2CCC(C1)N2. The third-order valence-electron chi connectivity index (χ3n) is 4.58. The smallest absolute Gasteiger partial charge is 0.200 e. The van der Waals surface area contributed by atoms with Crippen LogP contribution < -0.4 is 5.32 Å². The summed E-state index contributed by atoms with van der Waals surface area (Å²) in [6.45, 7) is 0. The second-order valence-corrected chi connectivity index (χ2v) is 6.00. The number of Topliss-reactive ketones (excluding diaryl/α,β-unsaturated/α-hetero) is 1. The summed E-state index contributed by atoms with van der Waals surface area (Å²) in [7, 11) is 0. The van der Waals surface area contributed by atoms with Gasteiger partial charge in [-0.15, -0.1) is 0 Å². The van der Waals surface area contributed by atoms with Gasteiger partial charge in [0.2, 0.25) is 5.82 Å². The third kappa shape index (κ3) is 2.51. The molecule has 2 fully saturated rings. The molecule has 0 aromatic heterocycles. The van der Waals surface area contributed by atoms with Crippen LogP contribution >= 0.6 is 0 Å². The van der Waals surface area contributed by atoms with Gasteiger partial charge in [-0.3, -0.25) is 4.79 Å². The molecule has 0 spiro atoms. The Bertz CT molecular complexity index is 592. The Morgan fingerprint density at radius 3 is 1.82 bits per heavy atom. The van der Waals surface area contributed by atoms with Gasteiger partial charge >= 0.3 is 0 Å². The normalized spacial score (nSPS) is 27.2. The second-order valence-electron chi connectivity index (χ2n) is 6.00. The zero-order valence-corrected chi connectivity index (χ0v) is 11.6. The molecule has 1 N–H and O–H groups in total. The second kappa shape index (κ2) is 5.61. The van der Waals surface area contributed by atoms with Crippen molar-refractivity contribution in [2.24, 2.45) is 5.92 Å². The minimum absolute atomic E-state index is 0.198. The molecule has 2 heterocycles. The minimum atomic E-state index is -2.20. The number of piperidine rings is 1. The van der Waals surface area contributed by atoms with Gasteiger partial charge in [0.15, 0.2) is 23.3 Å². The highest BCUT2D eigenvalue weighted by Gasteiger charge is 2.37. The van der Waals surface area contributed by atoms with Crippen LogP contribution in [0.25, 0.3) is 0 Å². The molecule has 7 heteroatoms. The first-order chi connectivity index (χ1) is 10.4. The molecule has 2 atom stereocenters. The maximum absolute atomic E-state index is 13.6. The number of benzene rings is 1. The average molecular weight is 319 g/mol. The topological polar surface area (TPSA) is 29.1 Å². The fourth-order valence-electron chi connectivity index (χ4n) is 3.44. The van der Waals surface area contributed by atoms with E-state index < -0.39 is 52.8 Å². The van der Waals surface area contributed by atoms with Crippen LogP contribution in [0.1, 0.15) is 31.2 Å². The first-order valence-corrected chi connectivity index (χ1v) is 7.17. The largest absolute Gasteiger partial charge is 0.311 e. The molecule has 120 valence electrons. The van der Waals surface area contributed by atoms with E-state index in [4.69, 9.17) is 0 Å². The summed E-state index contributed by atoms with van der Waals surface area (Å²) in [4.78, 5) is 12.2. The van der Waals surface area contributed by atoms with E-state index in [9.17, 15) is 26.7 Å². The van der Waals surface area contributed by atoms with Crippen molar-refractivity contribution in [1.82, 2.24) is 5.32 Å². The highest BCUT2D eigenvalue weighted by molar-refractivity contribution is 5.83. The molecule has 3 rings (SSSR count). The van der Waals surface area contributed by atoms with Crippen molar-refractivity contribution in [2.75, 3.05) is 0 Å². The van der Waals surface area contributed by atoms with Gasteiger partial charge in [-0.05, 0) is 25.7 Å². The zero-order valence-electron chi connectivity index (χ0n) is 11.6. The summed E-state index contributed by atoms with van der Waals surface area (Å²) in [6.07, 6.45) is 2.21. The number of hydrogen-bond donors (Lipinski definition) is 1. The predicted octanol–water partition coefficient (Wildman–Crippen LogP) is 3.02. The number of hydrogen-bond acceptors (Lipinski definition) is 2. The molecule has 2 aliphatic heterocycles. The summed E-state index contributed by atoms with van der Waals surface area (Å²) in [5.41, 5.74) is -1.03. The van der Waals surface area contributed by atoms with E-state index in [0.717, 1.165) is 12.8 Å². The summed E-state index contributed by atoms with van der Waals surface area (Å²) in [6, 6.07) is 0.396. The van der Waals surface area contributed by atoms with E-state index in [0.29, 0.717) is 12.8 Å². The first-order valence-electron chi connectivity index (χ1n) is 7.17. The van der Waals surface area contributed by atoms with Crippen molar-refractivity contribution in [1.29, 1.82) is 0 Å². The van der Waals surface area contributed by atoms with Gasteiger partial charge in [-0.1, -0.05) is 0 Å². The molecule has 0 aliphatic carbocycles. The van der Waals surface area contributed by atoms with Crippen LogP contribution in [0.5, 0.6) is 0 Å². The van der Waals surface area contributed by atoms with E-state index in [2.05, 4.69) is 5.32 Å². The van der Waals surface area contributed by atoms with Crippen LogP contribution in [0.2, 0.25) is 0 Å². The predicted molar refractivity (Wildman–Crippen MR) is 67.6 cm³/mol. The Morgan fingerprint density at radius 2 is 1.32 bits per heavy atom. The van der Waals surface area contributed by atoms with Crippen molar-refractivity contribution < 1.29 is 26.7 Å². The Kier molecular flexibility index (Phi) is 3.92. The van der Waals surface area contributed by atoms with Gasteiger partial charge in [0, 0.05) is 30.0 Å². The molecule has 2 nitrogen and oxygen atoms in total. The van der Waals surface area contributed by atoms with Crippen molar-refractivity contribution in [3.8, 4) is 0 Å². The van der Waals surface area contributed by atoms with Crippen molar-refractivity contribution in [3.05, 3.63) is 34.6 Å². The van der Waals surface area contributed by atoms with Gasteiger partial charge in [0.1, 0.15) is 5.78 Å². The lowest BCUT2D eigenvalue weighted by Gasteiger charge is -2.28. The summed E-state index contributed by atoms with van der Waals surface area (Å²) >= 11 is 0. The van der Waals surface area contributed by atoms with E-state index in [-0.39, 0.29) is 12.1 Å². The van der Waals surface area contributed by atoms with Gasteiger partial charge < -0.3 is 5.32 Å². The van der Waals surface area contributed by atoms with Crippen LogP contribution in [0.15, 0.2) is 0 Å². The van der Waals surface area contributed by atoms with Gasteiger partial charge in [0.05, 0.1) is 0 Å². The van der Waals surface area contributed by atoms with Gasteiger partial charge in [-0.25, -0.2) is 22.0 Å². The number of fused-ring (bicyclic) bond motifs is 2. The quantitative estimate of drug-likeness (QED) is 0.527. The molecular formula is C15H14F5NO. The van der Waals surface area contributed by atoms with Gasteiger partial charge in [-0.2, -0.15) is 0 Å². The molecule has 2 saturated heterocycles. The van der Waals surface area contributed by atoms with E-state index in [1.807, 2.05) is 0 Å². The molecular weight excluding hydrogens is 305 g/mol. The Balaban J connectivity index is 1.83. The molecule has 1 aromatic carbocycles. The summed E-state index contributed by atoms with van der Waals surface area (Å²) in [5, 5.41) is 3.32. The summed E-state index contributed by atoms with van der Waals surface area (Å²) < 4.78 is 66.5. The van der Waals surface area contributed by atoms with Crippen LogP contribution in [0.3, 0.4) is 0 Å². The fourth-order valence-corrected chi connectivity index (χ4v) is 3.44. The average Bonchev–Trinajstić information content (AvgIpc) is 2.85. The van der Waals surface area contributed by atoms with Crippen molar-refractivity contribution in [2.45, 2.75) is 44.2 Å². The Morgan fingerprint density at radius 1 is 0.864 bits per heavy atom. The lowest BCUT2D eigenvalue weighted by atomic mass is 9.86.